The van der Waals surface area contributed by atoms with E-state index >= 15 is 0 Å². The minimum Gasteiger partial charge on any atom is -0.396 e. The van der Waals surface area contributed by atoms with E-state index in [4.69, 9.17) is 5.11 Å². The molecular weight excluding hydrogens is 226 g/mol. The molecule has 0 bridgehead atoms. The lowest BCUT2D eigenvalue weighted by atomic mass is 9.81. The van der Waals surface area contributed by atoms with Crippen molar-refractivity contribution >= 4 is 16.8 Å². The van der Waals surface area contributed by atoms with Gasteiger partial charge in [0.25, 0.3) is 0 Å². The Labute approximate surface area is 99.8 Å². The van der Waals surface area contributed by atoms with Crippen molar-refractivity contribution in [1.29, 1.82) is 0 Å². The summed E-state index contributed by atoms with van der Waals surface area (Å²) in [6.45, 7) is 2.04. The molecule has 0 radical (unpaired) electrons. The fourth-order valence-electron chi connectivity index (χ4n) is 2.45. The first-order valence-corrected chi connectivity index (χ1v) is 6.75. The molecule has 1 saturated carbocycles. The molecule has 3 N–H and O–H groups in total. The maximum absolute atomic E-state index is 9.95. The monoisotopic (exact) mass is 245 g/mol. The van der Waals surface area contributed by atoms with Gasteiger partial charge in [-0.2, -0.15) is 0 Å². The molecule has 0 aromatic heterocycles. The van der Waals surface area contributed by atoms with E-state index in [-0.39, 0.29) is 23.8 Å². The summed E-state index contributed by atoms with van der Waals surface area (Å²) in [5.74, 6) is -0.208. The second-order valence-corrected chi connectivity index (χ2v) is 5.89. The molecule has 0 spiro atoms. The molecule has 1 heterocycles. The Hall–Kier alpha value is -0.100. The molecule has 0 unspecified atom stereocenters. The van der Waals surface area contributed by atoms with E-state index in [1.807, 2.05) is 0 Å². The first-order valence-electron chi connectivity index (χ1n) is 5.87. The van der Waals surface area contributed by atoms with Crippen LogP contribution in [0.3, 0.4) is 0 Å². The zero-order valence-electron chi connectivity index (χ0n) is 9.41. The van der Waals surface area contributed by atoms with Gasteiger partial charge in [-0.3, -0.25) is 4.99 Å². The summed E-state index contributed by atoms with van der Waals surface area (Å²) >= 11 is 1.71. The molecule has 1 aliphatic carbocycles. The van der Waals surface area contributed by atoms with Crippen LogP contribution in [-0.4, -0.2) is 50.5 Å². The van der Waals surface area contributed by atoms with Crippen LogP contribution in [0.5, 0.6) is 0 Å². The standard InChI is InChI=1S/C11H19NO3S/c1-2-3-8-12-9-7(16-8)4-6(5-13)10(14)11(9)15/h6-7,9-11,13-15H,2-5H2,1H3/t6-,7-,9-,10-,11-/m1/s1. The Morgan fingerprint density at radius 1 is 1.38 bits per heavy atom. The lowest BCUT2D eigenvalue weighted by molar-refractivity contribution is -0.0646. The van der Waals surface area contributed by atoms with E-state index in [1.165, 1.54) is 0 Å². The first kappa shape index (κ1) is 12.4. The smallest absolute Gasteiger partial charge is 0.104 e. The molecule has 5 heteroatoms. The number of rotatable bonds is 3. The molecule has 2 aliphatic rings. The Bertz CT molecular complexity index is 284. The van der Waals surface area contributed by atoms with Crippen molar-refractivity contribution in [2.75, 3.05) is 6.61 Å². The normalized spacial score (nSPS) is 43.0. The van der Waals surface area contributed by atoms with E-state index in [0.29, 0.717) is 0 Å². The first-order chi connectivity index (χ1) is 7.67. The van der Waals surface area contributed by atoms with Crippen molar-refractivity contribution in [2.45, 2.75) is 49.7 Å². The maximum atomic E-state index is 9.95. The highest BCUT2D eigenvalue weighted by molar-refractivity contribution is 8.14. The lowest BCUT2D eigenvalue weighted by Gasteiger charge is -2.37. The highest BCUT2D eigenvalue weighted by Gasteiger charge is 2.46. The van der Waals surface area contributed by atoms with Crippen molar-refractivity contribution in [3.63, 3.8) is 0 Å². The van der Waals surface area contributed by atoms with Gasteiger partial charge in [0.1, 0.15) is 6.10 Å². The summed E-state index contributed by atoms with van der Waals surface area (Å²) in [4.78, 5) is 4.49. The van der Waals surface area contributed by atoms with Crippen LogP contribution >= 0.6 is 11.8 Å². The van der Waals surface area contributed by atoms with Gasteiger partial charge in [-0.25, -0.2) is 0 Å². The third-order valence-electron chi connectivity index (χ3n) is 3.38. The Balaban J connectivity index is 2.08. The average Bonchev–Trinajstić information content (AvgIpc) is 2.67. The van der Waals surface area contributed by atoms with Crippen LogP contribution in [-0.2, 0) is 0 Å². The molecule has 0 saturated heterocycles. The number of fused-ring (bicyclic) bond motifs is 1. The summed E-state index contributed by atoms with van der Waals surface area (Å²) in [7, 11) is 0. The molecule has 0 aromatic carbocycles. The average molecular weight is 245 g/mol. The van der Waals surface area contributed by atoms with Crippen LogP contribution in [0, 0.1) is 5.92 Å². The van der Waals surface area contributed by atoms with Gasteiger partial charge in [0.15, 0.2) is 0 Å². The second-order valence-electron chi connectivity index (χ2n) is 4.58. The van der Waals surface area contributed by atoms with Crippen LogP contribution in [0.1, 0.15) is 26.2 Å². The summed E-state index contributed by atoms with van der Waals surface area (Å²) in [6, 6.07) is -0.177. The summed E-state index contributed by atoms with van der Waals surface area (Å²) in [6.07, 6.45) is 1.08. The highest BCUT2D eigenvalue weighted by Crippen LogP contribution is 2.40. The number of hydrogen-bond donors (Lipinski definition) is 3. The summed E-state index contributed by atoms with van der Waals surface area (Å²) in [5, 5.41) is 30.2. The zero-order valence-corrected chi connectivity index (χ0v) is 10.2. The topological polar surface area (TPSA) is 73.1 Å². The van der Waals surface area contributed by atoms with Crippen LogP contribution in [0.4, 0.5) is 0 Å². The van der Waals surface area contributed by atoms with Crippen LogP contribution < -0.4 is 0 Å². The minimum atomic E-state index is -0.837. The van der Waals surface area contributed by atoms with Gasteiger partial charge in [-0.1, -0.05) is 13.3 Å². The van der Waals surface area contributed by atoms with Crippen molar-refractivity contribution in [3.05, 3.63) is 0 Å². The highest BCUT2D eigenvalue weighted by atomic mass is 32.2. The van der Waals surface area contributed by atoms with Crippen LogP contribution in [0.2, 0.25) is 0 Å². The van der Waals surface area contributed by atoms with E-state index in [9.17, 15) is 10.2 Å². The SMILES string of the molecule is CCCC1=N[C@H]2[C@@H](O)[C@H](O)[C@@H](CO)C[C@H]2S1. The van der Waals surface area contributed by atoms with Gasteiger partial charge in [-0.15, -0.1) is 11.8 Å². The summed E-state index contributed by atoms with van der Waals surface area (Å²) < 4.78 is 0. The van der Waals surface area contributed by atoms with Crippen molar-refractivity contribution in [3.8, 4) is 0 Å². The molecule has 92 valence electrons. The lowest BCUT2D eigenvalue weighted by Crippen LogP contribution is -2.51. The van der Waals surface area contributed by atoms with Crippen molar-refractivity contribution in [1.82, 2.24) is 0 Å². The van der Waals surface area contributed by atoms with Crippen LogP contribution in [0.15, 0.2) is 4.99 Å². The fraction of sp³-hybridized carbons (Fsp3) is 0.909. The molecule has 2 rings (SSSR count). The predicted octanol–water partition coefficient (Wildman–Crippen LogP) is 0.403. The number of nitrogens with zero attached hydrogens (tertiary/aromatic N) is 1. The van der Waals surface area contributed by atoms with Gasteiger partial charge in [-0.05, 0) is 12.8 Å². The van der Waals surface area contributed by atoms with Gasteiger partial charge in [0.2, 0.25) is 0 Å². The number of aliphatic hydroxyl groups is 3. The zero-order chi connectivity index (χ0) is 11.7. The molecule has 1 fully saturated rings. The molecule has 1 aliphatic heterocycles. The van der Waals surface area contributed by atoms with E-state index in [2.05, 4.69) is 11.9 Å². The number of thioether (sulfide) groups is 1. The molecule has 16 heavy (non-hydrogen) atoms. The van der Waals surface area contributed by atoms with Crippen molar-refractivity contribution < 1.29 is 15.3 Å². The number of aliphatic hydroxyl groups excluding tert-OH is 3. The predicted molar refractivity (Wildman–Crippen MR) is 64.7 cm³/mol. The van der Waals surface area contributed by atoms with Gasteiger partial charge in [0, 0.05) is 17.8 Å². The molecule has 0 aromatic rings. The quantitative estimate of drug-likeness (QED) is 0.673. The number of aliphatic imine (C=N–C) groups is 1. The summed E-state index contributed by atoms with van der Waals surface area (Å²) in [5.41, 5.74) is 0. The molecule has 4 nitrogen and oxygen atoms in total. The largest absolute Gasteiger partial charge is 0.396 e. The van der Waals surface area contributed by atoms with Gasteiger partial charge >= 0.3 is 0 Å². The third-order valence-corrected chi connectivity index (χ3v) is 4.73. The Morgan fingerprint density at radius 3 is 2.75 bits per heavy atom. The molecule has 5 atom stereocenters. The second kappa shape index (κ2) is 5.04. The van der Waals surface area contributed by atoms with Crippen LogP contribution in [0.25, 0.3) is 0 Å². The Morgan fingerprint density at radius 2 is 2.12 bits per heavy atom. The van der Waals surface area contributed by atoms with E-state index in [1.54, 1.807) is 11.8 Å². The number of hydrogen-bond acceptors (Lipinski definition) is 5. The van der Waals surface area contributed by atoms with Gasteiger partial charge < -0.3 is 15.3 Å². The Kier molecular flexibility index (Phi) is 3.89. The van der Waals surface area contributed by atoms with Crippen molar-refractivity contribution in [2.24, 2.45) is 10.9 Å². The minimum absolute atomic E-state index is 0.0644. The molecular formula is C11H19NO3S. The van der Waals surface area contributed by atoms with Gasteiger partial charge in [0.05, 0.1) is 17.2 Å². The maximum Gasteiger partial charge on any atom is 0.104 e. The molecule has 0 amide bonds. The third kappa shape index (κ3) is 2.14. The fourth-order valence-corrected chi connectivity index (χ4v) is 4.01. The van der Waals surface area contributed by atoms with E-state index < -0.39 is 12.2 Å². The van der Waals surface area contributed by atoms with E-state index in [0.717, 1.165) is 24.3 Å².